The molecule has 1 N–H and O–H groups in total. The first-order valence-electron chi connectivity index (χ1n) is 6.75. The predicted octanol–water partition coefficient (Wildman–Crippen LogP) is 2.54. The highest BCUT2D eigenvalue weighted by Crippen LogP contribution is 2.26. The number of carboxylic acids is 1. The number of carbonyl (C=O) groups excluding carboxylic acids is 1. The first kappa shape index (κ1) is 16.4. The standard InChI is InChI=1S/C14H15BrN2O5/c1-8-2-10(14(19)20)7-16(6-8)13(18)9-3-11(15)5-12(4-9)17(21)22/h3-5,8,10H,2,6-7H2,1H3,(H,19,20). The molecule has 118 valence electrons. The second kappa shape index (κ2) is 6.43. The fraction of sp³-hybridized carbons (Fsp3) is 0.429. The third-order valence-corrected chi connectivity index (χ3v) is 4.09. The van der Waals surface area contributed by atoms with Crippen LogP contribution in [0, 0.1) is 22.0 Å². The molecule has 1 aromatic carbocycles. The van der Waals surface area contributed by atoms with Crippen LogP contribution < -0.4 is 0 Å². The van der Waals surface area contributed by atoms with Gasteiger partial charge >= 0.3 is 5.97 Å². The zero-order chi connectivity index (χ0) is 16.4. The van der Waals surface area contributed by atoms with Gasteiger partial charge in [0.1, 0.15) is 0 Å². The van der Waals surface area contributed by atoms with E-state index < -0.39 is 16.8 Å². The molecule has 22 heavy (non-hydrogen) atoms. The van der Waals surface area contributed by atoms with Gasteiger partial charge in [0.25, 0.3) is 11.6 Å². The van der Waals surface area contributed by atoms with Crippen LogP contribution in [0.3, 0.4) is 0 Å². The lowest BCUT2D eigenvalue weighted by molar-refractivity contribution is -0.385. The first-order valence-corrected chi connectivity index (χ1v) is 7.54. The third-order valence-electron chi connectivity index (χ3n) is 3.64. The van der Waals surface area contributed by atoms with Crippen molar-refractivity contribution >= 4 is 33.5 Å². The average molecular weight is 371 g/mol. The van der Waals surface area contributed by atoms with Crippen LogP contribution in [0.4, 0.5) is 5.69 Å². The molecule has 0 saturated carbocycles. The number of likely N-dealkylation sites (tertiary alicyclic amines) is 1. The molecule has 0 aliphatic carbocycles. The van der Waals surface area contributed by atoms with Crippen LogP contribution in [-0.2, 0) is 4.79 Å². The van der Waals surface area contributed by atoms with E-state index in [-0.39, 0.29) is 29.6 Å². The highest BCUT2D eigenvalue weighted by molar-refractivity contribution is 9.10. The minimum Gasteiger partial charge on any atom is -0.481 e. The highest BCUT2D eigenvalue weighted by Gasteiger charge is 2.32. The number of hydrogen-bond acceptors (Lipinski definition) is 4. The van der Waals surface area contributed by atoms with Gasteiger partial charge in [0.15, 0.2) is 0 Å². The second-order valence-corrected chi connectivity index (χ2v) is 6.46. The SMILES string of the molecule is CC1CC(C(=O)O)CN(C(=O)c2cc(Br)cc([N+](=O)[O-])c2)C1. The Bertz CT molecular complexity index is 634. The quantitative estimate of drug-likeness (QED) is 0.650. The zero-order valence-electron chi connectivity index (χ0n) is 11.9. The summed E-state index contributed by atoms with van der Waals surface area (Å²) in [6.07, 6.45) is 0.526. The Labute approximate surface area is 135 Å². The van der Waals surface area contributed by atoms with Crippen LogP contribution in [0.15, 0.2) is 22.7 Å². The fourth-order valence-electron chi connectivity index (χ4n) is 2.68. The molecule has 1 aliphatic rings. The van der Waals surface area contributed by atoms with E-state index in [0.717, 1.165) is 0 Å². The Hall–Kier alpha value is -1.96. The number of benzene rings is 1. The normalized spacial score (nSPS) is 21.5. The van der Waals surface area contributed by atoms with E-state index in [1.54, 1.807) is 0 Å². The number of nitro groups is 1. The zero-order valence-corrected chi connectivity index (χ0v) is 13.4. The summed E-state index contributed by atoms with van der Waals surface area (Å²) in [5, 5.41) is 20.0. The summed E-state index contributed by atoms with van der Waals surface area (Å²) in [6, 6.07) is 4.03. The summed E-state index contributed by atoms with van der Waals surface area (Å²) in [4.78, 5) is 35.5. The number of carbonyl (C=O) groups is 2. The molecule has 2 unspecified atom stereocenters. The summed E-state index contributed by atoms with van der Waals surface area (Å²) in [5.74, 6) is -1.84. The van der Waals surface area contributed by atoms with E-state index in [9.17, 15) is 19.7 Å². The molecule has 1 heterocycles. The van der Waals surface area contributed by atoms with Crippen molar-refractivity contribution in [1.82, 2.24) is 4.90 Å². The number of non-ortho nitro benzene ring substituents is 1. The van der Waals surface area contributed by atoms with Gasteiger partial charge in [-0.25, -0.2) is 0 Å². The van der Waals surface area contributed by atoms with E-state index >= 15 is 0 Å². The smallest absolute Gasteiger partial charge is 0.308 e. The molecule has 2 atom stereocenters. The number of halogens is 1. The summed E-state index contributed by atoms with van der Waals surface area (Å²) >= 11 is 3.15. The topological polar surface area (TPSA) is 101 Å². The number of carboxylic acid groups (broad SMARTS) is 1. The van der Waals surface area contributed by atoms with Gasteiger partial charge in [0, 0.05) is 35.3 Å². The van der Waals surface area contributed by atoms with E-state index in [1.807, 2.05) is 6.92 Å². The summed E-state index contributed by atoms with van der Waals surface area (Å²) < 4.78 is 0.435. The number of rotatable bonds is 3. The summed E-state index contributed by atoms with van der Waals surface area (Å²) in [7, 11) is 0. The van der Waals surface area contributed by atoms with Gasteiger partial charge in [-0.05, 0) is 18.4 Å². The molecule has 8 heteroatoms. The Kier molecular flexibility index (Phi) is 4.80. The highest BCUT2D eigenvalue weighted by atomic mass is 79.9. The largest absolute Gasteiger partial charge is 0.481 e. The van der Waals surface area contributed by atoms with E-state index in [2.05, 4.69) is 15.9 Å². The van der Waals surface area contributed by atoms with Crippen LogP contribution in [-0.4, -0.2) is 39.9 Å². The maximum absolute atomic E-state index is 12.5. The van der Waals surface area contributed by atoms with Crippen molar-refractivity contribution in [2.24, 2.45) is 11.8 Å². The number of nitrogens with zero attached hydrogens (tertiary/aromatic N) is 2. The van der Waals surface area contributed by atoms with Gasteiger partial charge in [-0.2, -0.15) is 0 Å². The molecule has 1 aromatic rings. The molecule has 0 aromatic heterocycles. The van der Waals surface area contributed by atoms with Gasteiger partial charge in [-0.3, -0.25) is 19.7 Å². The molecule has 0 radical (unpaired) electrons. The van der Waals surface area contributed by atoms with E-state index in [1.165, 1.54) is 23.1 Å². The van der Waals surface area contributed by atoms with Crippen molar-refractivity contribution in [2.45, 2.75) is 13.3 Å². The van der Waals surface area contributed by atoms with Crippen molar-refractivity contribution in [3.63, 3.8) is 0 Å². The second-order valence-electron chi connectivity index (χ2n) is 5.54. The summed E-state index contributed by atoms with van der Waals surface area (Å²) in [5.41, 5.74) is -0.00289. The number of amides is 1. The molecule has 2 rings (SSSR count). The maximum Gasteiger partial charge on any atom is 0.308 e. The Morgan fingerprint density at radius 2 is 2.05 bits per heavy atom. The van der Waals surface area contributed by atoms with Crippen LogP contribution in [0.5, 0.6) is 0 Å². The van der Waals surface area contributed by atoms with Gasteiger partial charge in [0.2, 0.25) is 0 Å². The van der Waals surface area contributed by atoms with Gasteiger partial charge in [-0.1, -0.05) is 22.9 Å². The van der Waals surface area contributed by atoms with E-state index in [4.69, 9.17) is 5.11 Å². The van der Waals surface area contributed by atoms with Crippen LogP contribution in [0.25, 0.3) is 0 Å². The molecule has 7 nitrogen and oxygen atoms in total. The van der Waals surface area contributed by atoms with Crippen molar-refractivity contribution in [1.29, 1.82) is 0 Å². The van der Waals surface area contributed by atoms with Gasteiger partial charge in [-0.15, -0.1) is 0 Å². The molecule has 1 saturated heterocycles. The molecule has 0 bridgehead atoms. The van der Waals surface area contributed by atoms with Crippen molar-refractivity contribution in [3.8, 4) is 0 Å². The lowest BCUT2D eigenvalue weighted by atomic mass is 9.90. The average Bonchev–Trinajstić information content (AvgIpc) is 2.45. The minimum atomic E-state index is -0.926. The van der Waals surface area contributed by atoms with Crippen molar-refractivity contribution in [3.05, 3.63) is 38.3 Å². The Morgan fingerprint density at radius 1 is 1.36 bits per heavy atom. The number of nitro benzene ring substituents is 1. The number of hydrogen-bond donors (Lipinski definition) is 1. The minimum absolute atomic E-state index is 0.0703. The van der Waals surface area contributed by atoms with Crippen molar-refractivity contribution in [2.75, 3.05) is 13.1 Å². The number of piperidine rings is 1. The first-order chi connectivity index (χ1) is 10.3. The van der Waals surface area contributed by atoms with Crippen LogP contribution >= 0.6 is 15.9 Å². The molecule has 1 aliphatic heterocycles. The number of aliphatic carboxylic acids is 1. The third kappa shape index (κ3) is 3.62. The van der Waals surface area contributed by atoms with Gasteiger partial charge < -0.3 is 10.0 Å². The van der Waals surface area contributed by atoms with E-state index in [0.29, 0.717) is 17.4 Å². The molecule has 0 spiro atoms. The van der Waals surface area contributed by atoms with Crippen molar-refractivity contribution < 1.29 is 19.6 Å². The lowest BCUT2D eigenvalue weighted by Crippen LogP contribution is -2.45. The maximum atomic E-state index is 12.5. The summed E-state index contributed by atoms with van der Waals surface area (Å²) in [6.45, 7) is 2.46. The molecule has 1 amide bonds. The molecule has 1 fully saturated rings. The lowest BCUT2D eigenvalue weighted by Gasteiger charge is -2.34. The van der Waals surface area contributed by atoms with Crippen LogP contribution in [0.1, 0.15) is 23.7 Å². The molecular weight excluding hydrogens is 356 g/mol. The Balaban J connectivity index is 2.27. The monoisotopic (exact) mass is 370 g/mol. The fourth-order valence-corrected chi connectivity index (χ4v) is 3.16. The Morgan fingerprint density at radius 3 is 2.64 bits per heavy atom. The van der Waals surface area contributed by atoms with Gasteiger partial charge in [0.05, 0.1) is 10.8 Å². The molecular formula is C14H15BrN2O5. The predicted molar refractivity (Wildman–Crippen MR) is 81.6 cm³/mol. The van der Waals surface area contributed by atoms with Crippen LogP contribution in [0.2, 0.25) is 0 Å².